The second-order valence-electron chi connectivity index (χ2n) is 7.36. The number of hydrogen-bond acceptors (Lipinski definition) is 4. The van der Waals surface area contributed by atoms with E-state index < -0.39 is 17.7 Å². The molecule has 0 spiro atoms. The van der Waals surface area contributed by atoms with Gasteiger partial charge < -0.3 is 20.1 Å². The Kier molecular flexibility index (Phi) is 8.42. The molecule has 0 aliphatic heterocycles. The number of rotatable bonds is 8. The van der Waals surface area contributed by atoms with Crippen molar-refractivity contribution in [2.24, 2.45) is 5.92 Å². The lowest BCUT2D eigenvalue weighted by atomic mass is 9.98. The fraction of sp³-hybridized carbons (Fsp3) is 0.600. The zero-order valence-electron chi connectivity index (χ0n) is 16.7. The lowest BCUT2D eigenvalue weighted by Crippen LogP contribution is -2.51. The molecule has 26 heavy (non-hydrogen) atoms. The predicted octanol–water partition coefficient (Wildman–Crippen LogP) is 3.29. The Morgan fingerprint density at radius 3 is 2.42 bits per heavy atom. The molecule has 2 unspecified atom stereocenters. The highest BCUT2D eigenvalue weighted by atomic mass is 16.6. The van der Waals surface area contributed by atoms with E-state index in [-0.39, 0.29) is 11.8 Å². The van der Waals surface area contributed by atoms with Gasteiger partial charge in [0.2, 0.25) is 5.91 Å². The second kappa shape index (κ2) is 10.0. The summed E-state index contributed by atoms with van der Waals surface area (Å²) >= 11 is 0. The molecule has 0 fully saturated rings. The van der Waals surface area contributed by atoms with Crippen molar-refractivity contribution in [2.75, 3.05) is 13.7 Å². The Hall–Kier alpha value is -2.24. The average molecular weight is 364 g/mol. The standard InChI is InChI=1S/C20H32N2O4/c1-7-14(2)17(22-19(24)26-20(3,4)5)18(23)21-13-12-15-10-8-9-11-16(15)25-6/h8-11,14,17H,7,12-13H2,1-6H3,(H,21,23)(H,22,24). The first-order chi connectivity index (χ1) is 12.2. The van der Waals surface area contributed by atoms with E-state index in [9.17, 15) is 9.59 Å². The van der Waals surface area contributed by atoms with Crippen molar-refractivity contribution in [3.8, 4) is 5.75 Å². The summed E-state index contributed by atoms with van der Waals surface area (Å²) in [5.41, 5.74) is 0.417. The monoisotopic (exact) mass is 364 g/mol. The van der Waals surface area contributed by atoms with Crippen LogP contribution in [0.2, 0.25) is 0 Å². The van der Waals surface area contributed by atoms with E-state index in [4.69, 9.17) is 9.47 Å². The van der Waals surface area contributed by atoms with E-state index in [1.165, 1.54) is 0 Å². The maximum absolute atomic E-state index is 12.6. The third-order valence-electron chi connectivity index (χ3n) is 4.05. The van der Waals surface area contributed by atoms with Crippen LogP contribution in [0.3, 0.4) is 0 Å². The van der Waals surface area contributed by atoms with Crippen LogP contribution in [0.5, 0.6) is 5.75 Å². The first-order valence-electron chi connectivity index (χ1n) is 9.07. The summed E-state index contributed by atoms with van der Waals surface area (Å²) in [4.78, 5) is 24.6. The number of hydrogen-bond donors (Lipinski definition) is 2. The Balaban J connectivity index is 2.64. The summed E-state index contributed by atoms with van der Waals surface area (Å²) in [6.45, 7) is 9.75. The van der Waals surface area contributed by atoms with Crippen LogP contribution in [0.4, 0.5) is 4.79 Å². The molecular formula is C20H32N2O4. The minimum atomic E-state index is -0.632. The van der Waals surface area contributed by atoms with Crippen LogP contribution in [0.25, 0.3) is 0 Å². The van der Waals surface area contributed by atoms with Crippen LogP contribution in [0.1, 0.15) is 46.6 Å². The summed E-state index contributed by atoms with van der Waals surface area (Å²) in [5, 5.41) is 5.60. The smallest absolute Gasteiger partial charge is 0.408 e. The Bertz CT molecular complexity index is 596. The van der Waals surface area contributed by atoms with Crippen LogP contribution in [-0.2, 0) is 16.0 Å². The molecule has 2 amide bonds. The van der Waals surface area contributed by atoms with Crippen molar-refractivity contribution < 1.29 is 19.1 Å². The largest absolute Gasteiger partial charge is 0.496 e. The minimum absolute atomic E-state index is 0.00576. The highest BCUT2D eigenvalue weighted by Gasteiger charge is 2.28. The Morgan fingerprint density at radius 2 is 1.85 bits per heavy atom. The molecule has 0 saturated heterocycles. The Morgan fingerprint density at radius 1 is 1.19 bits per heavy atom. The summed E-state index contributed by atoms with van der Waals surface area (Å²) in [6, 6.07) is 7.07. The van der Waals surface area contributed by atoms with Gasteiger partial charge in [-0.1, -0.05) is 38.5 Å². The zero-order valence-corrected chi connectivity index (χ0v) is 16.7. The van der Waals surface area contributed by atoms with Crippen molar-refractivity contribution in [3.63, 3.8) is 0 Å². The molecular weight excluding hydrogens is 332 g/mol. The van der Waals surface area contributed by atoms with E-state index >= 15 is 0 Å². The van der Waals surface area contributed by atoms with Gasteiger partial charge in [-0.05, 0) is 44.7 Å². The quantitative estimate of drug-likeness (QED) is 0.742. The molecule has 1 aromatic carbocycles. The molecule has 0 bridgehead atoms. The van der Waals surface area contributed by atoms with Crippen LogP contribution in [0.15, 0.2) is 24.3 Å². The van der Waals surface area contributed by atoms with Crippen molar-refractivity contribution >= 4 is 12.0 Å². The third-order valence-corrected chi connectivity index (χ3v) is 4.05. The summed E-state index contributed by atoms with van der Waals surface area (Å²) in [7, 11) is 1.63. The number of carbonyl (C=O) groups excluding carboxylic acids is 2. The van der Waals surface area contributed by atoms with Gasteiger partial charge in [0.05, 0.1) is 7.11 Å². The van der Waals surface area contributed by atoms with Crippen LogP contribution >= 0.6 is 0 Å². The molecule has 2 atom stereocenters. The minimum Gasteiger partial charge on any atom is -0.496 e. The van der Waals surface area contributed by atoms with E-state index in [0.717, 1.165) is 17.7 Å². The molecule has 6 heteroatoms. The van der Waals surface area contributed by atoms with E-state index in [0.29, 0.717) is 13.0 Å². The molecule has 1 aromatic rings. The number of para-hydroxylation sites is 1. The molecule has 0 heterocycles. The number of nitrogens with one attached hydrogen (secondary N) is 2. The highest BCUT2D eigenvalue weighted by Crippen LogP contribution is 2.17. The van der Waals surface area contributed by atoms with Crippen LogP contribution < -0.4 is 15.4 Å². The van der Waals surface area contributed by atoms with Crippen molar-refractivity contribution in [1.29, 1.82) is 0 Å². The van der Waals surface area contributed by atoms with Gasteiger partial charge in [-0.3, -0.25) is 4.79 Å². The highest BCUT2D eigenvalue weighted by molar-refractivity contribution is 5.86. The maximum Gasteiger partial charge on any atom is 0.408 e. The molecule has 146 valence electrons. The van der Waals surface area contributed by atoms with E-state index in [1.807, 2.05) is 38.1 Å². The van der Waals surface area contributed by atoms with Crippen molar-refractivity contribution in [1.82, 2.24) is 10.6 Å². The first-order valence-corrected chi connectivity index (χ1v) is 9.07. The lowest BCUT2D eigenvalue weighted by Gasteiger charge is -2.26. The van der Waals surface area contributed by atoms with Gasteiger partial charge in [0.15, 0.2) is 0 Å². The van der Waals surface area contributed by atoms with Gasteiger partial charge in [-0.15, -0.1) is 0 Å². The maximum atomic E-state index is 12.6. The lowest BCUT2D eigenvalue weighted by molar-refractivity contribution is -0.124. The third kappa shape index (κ3) is 7.33. The number of amides is 2. The summed E-state index contributed by atoms with van der Waals surface area (Å²) in [6.07, 6.45) is 0.832. The van der Waals surface area contributed by atoms with E-state index in [2.05, 4.69) is 10.6 Å². The molecule has 2 N–H and O–H groups in total. The van der Waals surface area contributed by atoms with Gasteiger partial charge in [0.1, 0.15) is 17.4 Å². The molecule has 0 aliphatic rings. The number of benzene rings is 1. The van der Waals surface area contributed by atoms with Gasteiger partial charge >= 0.3 is 6.09 Å². The summed E-state index contributed by atoms with van der Waals surface area (Å²) < 4.78 is 10.6. The number of ether oxygens (including phenoxy) is 2. The number of alkyl carbamates (subject to hydrolysis) is 1. The SMILES string of the molecule is CCC(C)C(NC(=O)OC(C)(C)C)C(=O)NCCc1ccccc1OC. The molecule has 0 saturated carbocycles. The normalized spacial score (nSPS) is 13.5. The fourth-order valence-corrected chi connectivity index (χ4v) is 2.48. The first kappa shape index (κ1) is 21.8. The Labute approximate surface area is 156 Å². The zero-order chi connectivity index (χ0) is 19.7. The fourth-order valence-electron chi connectivity index (χ4n) is 2.48. The number of carbonyl (C=O) groups is 2. The molecule has 6 nitrogen and oxygen atoms in total. The molecule has 1 rings (SSSR count). The van der Waals surface area contributed by atoms with Gasteiger partial charge in [0, 0.05) is 6.54 Å². The van der Waals surface area contributed by atoms with Gasteiger partial charge in [-0.25, -0.2) is 4.79 Å². The average Bonchev–Trinajstić information content (AvgIpc) is 2.57. The van der Waals surface area contributed by atoms with Crippen molar-refractivity contribution in [3.05, 3.63) is 29.8 Å². The molecule has 0 aromatic heterocycles. The summed E-state index contributed by atoms with van der Waals surface area (Å²) in [5.74, 6) is 0.584. The number of methoxy groups -OCH3 is 1. The predicted molar refractivity (Wildman–Crippen MR) is 102 cm³/mol. The van der Waals surface area contributed by atoms with Crippen LogP contribution in [0, 0.1) is 5.92 Å². The van der Waals surface area contributed by atoms with Crippen molar-refractivity contribution in [2.45, 2.75) is 59.1 Å². The second-order valence-corrected chi connectivity index (χ2v) is 7.36. The van der Waals surface area contributed by atoms with Crippen LogP contribution in [-0.4, -0.2) is 37.3 Å². The van der Waals surface area contributed by atoms with Gasteiger partial charge in [0.25, 0.3) is 0 Å². The van der Waals surface area contributed by atoms with E-state index in [1.54, 1.807) is 27.9 Å². The molecule has 0 radical (unpaired) electrons. The topological polar surface area (TPSA) is 76.7 Å². The van der Waals surface area contributed by atoms with Gasteiger partial charge in [-0.2, -0.15) is 0 Å². The molecule has 0 aliphatic carbocycles.